The van der Waals surface area contributed by atoms with Crippen LogP contribution in [0.4, 0.5) is 10.2 Å². The Kier molecular flexibility index (Phi) is 8.89. The molecule has 9 heteroatoms. The van der Waals surface area contributed by atoms with Crippen LogP contribution in [0.15, 0.2) is 66.9 Å². The Labute approximate surface area is 275 Å². The van der Waals surface area contributed by atoms with Crippen molar-refractivity contribution in [3.05, 3.63) is 83.8 Å². The summed E-state index contributed by atoms with van der Waals surface area (Å²) in [5.41, 5.74) is 4.36. The number of benzene rings is 2. The van der Waals surface area contributed by atoms with Crippen LogP contribution in [0.1, 0.15) is 71.1 Å². The van der Waals surface area contributed by atoms with Gasteiger partial charge in [0, 0.05) is 48.5 Å². The number of carbonyl (C=O) groups is 1. The zero-order valence-electron chi connectivity index (χ0n) is 28.0. The summed E-state index contributed by atoms with van der Waals surface area (Å²) in [6, 6.07) is 14.5. The number of fused-ring (bicyclic) bond motifs is 7. The largest absolute Gasteiger partial charge is 0.490 e. The van der Waals surface area contributed by atoms with Gasteiger partial charge < -0.3 is 24.2 Å². The minimum Gasteiger partial charge on any atom is -0.490 e. The maximum atomic E-state index is 14.4. The molecule has 4 aromatic rings. The number of nitrogens with zero attached hydrogens (tertiary/aromatic N) is 3. The molecule has 0 spiro atoms. The van der Waals surface area contributed by atoms with E-state index in [9.17, 15) is 14.3 Å². The van der Waals surface area contributed by atoms with Crippen molar-refractivity contribution >= 4 is 17.4 Å². The molecule has 47 heavy (non-hydrogen) atoms. The number of rotatable bonds is 3. The number of piperidine rings is 1. The second kappa shape index (κ2) is 12.8. The predicted octanol–water partition coefficient (Wildman–Crippen LogP) is 8.16. The van der Waals surface area contributed by atoms with E-state index < -0.39 is 17.7 Å². The van der Waals surface area contributed by atoms with Crippen molar-refractivity contribution in [2.45, 2.75) is 84.2 Å². The molecule has 0 unspecified atom stereocenters. The van der Waals surface area contributed by atoms with Crippen LogP contribution in [0.25, 0.3) is 28.0 Å². The van der Waals surface area contributed by atoms with E-state index in [0.29, 0.717) is 43.1 Å². The zero-order chi connectivity index (χ0) is 33.5. The van der Waals surface area contributed by atoms with E-state index in [1.54, 1.807) is 6.07 Å². The van der Waals surface area contributed by atoms with Gasteiger partial charge in [0.25, 0.3) is 0 Å². The Bertz CT molecular complexity index is 1820. The third-order valence-electron chi connectivity index (χ3n) is 8.96. The highest BCUT2D eigenvalue weighted by Gasteiger charge is 2.37. The van der Waals surface area contributed by atoms with E-state index in [1.165, 1.54) is 12.1 Å². The molecule has 2 atom stereocenters. The summed E-state index contributed by atoms with van der Waals surface area (Å²) in [7, 11) is 0. The number of aryl methyl sites for hydroxylation is 1. The van der Waals surface area contributed by atoms with Gasteiger partial charge in [0.05, 0.1) is 29.6 Å². The van der Waals surface area contributed by atoms with Crippen molar-refractivity contribution < 1.29 is 28.5 Å². The van der Waals surface area contributed by atoms with E-state index in [1.807, 2.05) is 87.7 Å². The number of ether oxygens (including phenoxy) is 3. The van der Waals surface area contributed by atoms with Gasteiger partial charge in [-0.1, -0.05) is 30.4 Å². The van der Waals surface area contributed by atoms with Crippen LogP contribution in [0.2, 0.25) is 0 Å². The number of carboxylic acids is 1. The first-order valence-electron chi connectivity index (χ1n) is 16.3. The van der Waals surface area contributed by atoms with Gasteiger partial charge in [0.1, 0.15) is 23.0 Å². The Morgan fingerprint density at radius 3 is 2.57 bits per heavy atom. The number of hydrogen-bond donors (Lipinski definition) is 1. The van der Waals surface area contributed by atoms with E-state index in [0.717, 1.165) is 46.6 Å². The Morgan fingerprint density at radius 1 is 1.11 bits per heavy atom. The quantitative estimate of drug-likeness (QED) is 0.226. The first kappa shape index (κ1) is 32.7. The number of hydrogen-bond acceptors (Lipinski definition) is 6. The molecule has 3 aliphatic heterocycles. The van der Waals surface area contributed by atoms with Gasteiger partial charge in [-0.15, -0.1) is 0 Å². The molecule has 5 heterocycles. The molecular weight excluding hydrogens is 597 g/mol. The molecule has 1 N–H and O–H groups in total. The fraction of sp³-hybridized carbons (Fsp3) is 0.421. The number of pyridine rings is 1. The summed E-state index contributed by atoms with van der Waals surface area (Å²) in [6.45, 7) is 13.5. The van der Waals surface area contributed by atoms with Gasteiger partial charge in [-0.25, -0.2) is 14.2 Å². The molecule has 3 aliphatic rings. The molecule has 2 aromatic carbocycles. The first-order chi connectivity index (χ1) is 22.3. The summed E-state index contributed by atoms with van der Waals surface area (Å²) in [4.78, 5) is 20.1. The van der Waals surface area contributed by atoms with Gasteiger partial charge in [0.15, 0.2) is 6.10 Å². The predicted molar refractivity (Wildman–Crippen MR) is 182 cm³/mol. The lowest BCUT2D eigenvalue weighted by molar-refractivity contribution is -0.160. The van der Waals surface area contributed by atoms with Gasteiger partial charge in [-0.05, 0) is 89.8 Å². The Hall–Kier alpha value is -4.21. The van der Waals surface area contributed by atoms with Crippen LogP contribution < -0.4 is 9.64 Å². The second-order valence-electron chi connectivity index (χ2n) is 14.0. The topological polar surface area (TPSA) is 85.5 Å². The van der Waals surface area contributed by atoms with E-state index in [4.69, 9.17) is 19.2 Å². The average molecular weight is 642 g/mol. The maximum absolute atomic E-state index is 14.4. The number of aromatic nitrogens is 2. The summed E-state index contributed by atoms with van der Waals surface area (Å²) >= 11 is 0. The molecule has 0 aliphatic carbocycles. The third-order valence-corrected chi connectivity index (χ3v) is 8.96. The van der Waals surface area contributed by atoms with Crippen LogP contribution in [0.5, 0.6) is 5.75 Å². The summed E-state index contributed by atoms with van der Waals surface area (Å²) in [5.74, 6) is -0.159. The number of anilines is 1. The van der Waals surface area contributed by atoms with E-state index in [-0.39, 0.29) is 17.5 Å². The van der Waals surface area contributed by atoms with Crippen LogP contribution >= 0.6 is 0 Å². The molecule has 1 saturated heterocycles. The number of imidazole rings is 1. The normalized spacial score (nSPS) is 21.7. The molecule has 0 radical (unpaired) electrons. The van der Waals surface area contributed by atoms with Crippen LogP contribution in [-0.4, -0.2) is 57.5 Å². The molecule has 0 amide bonds. The van der Waals surface area contributed by atoms with Crippen molar-refractivity contribution in [2.75, 3.05) is 24.6 Å². The van der Waals surface area contributed by atoms with Crippen LogP contribution in [0.3, 0.4) is 0 Å². The lowest BCUT2D eigenvalue weighted by atomic mass is 9.92. The standard InChI is InChI=1S/C38H44FN3O5/c1-24-20-32-40-30-23-42(32)35(33(24)34(36(43)44)47-37(3,4)5)41-17-15-38(6,16-18-41)45-19-8-7-10-25(2)46-31-22-28(39)13-14-29(31)26-11-9-12-27(30)21-26/h7-9,11-14,20-23,25,34H,10,15-19H2,1-6H3,(H,43,44)/b8-7-/t25-,34-/m0/s1. The van der Waals surface area contributed by atoms with E-state index in [2.05, 4.69) is 11.8 Å². The van der Waals surface area contributed by atoms with Crippen molar-refractivity contribution in [1.29, 1.82) is 0 Å². The van der Waals surface area contributed by atoms with Gasteiger partial charge in [-0.3, -0.25) is 4.40 Å². The Balaban J connectivity index is 1.54. The zero-order valence-corrected chi connectivity index (χ0v) is 28.0. The first-order valence-corrected chi connectivity index (χ1v) is 16.3. The highest BCUT2D eigenvalue weighted by Crippen LogP contribution is 2.40. The van der Waals surface area contributed by atoms with Crippen LogP contribution in [-0.2, 0) is 14.3 Å². The number of halogens is 1. The average Bonchev–Trinajstić information content (AvgIpc) is 3.43. The monoisotopic (exact) mass is 641 g/mol. The van der Waals surface area contributed by atoms with Gasteiger partial charge in [0.2, 0.25) is 0 Å². The highest BCUT2D eigenvalue weighted by molar-refractivity contribution is 5.80. The lowest BCUT2D eigenvalue weighted by Crippen LogP contribution is -2.45. The molecule has 0 saturated carbocycles. The minimum absolute atomic E-state index is 0.175. The van der Waals surface area contributed by atoms with Gasteiger partial charge in [-0.2, -0.15) is 0 Å². The number of carboxylic acid groups (broad SMARTS) is 1. The van der Waals surface area contributed by atoms with Crippen molar-refractivity contribution in [2.24, 2.45) is 0 Å². The Morgan fingerprint density at radius 2 is 1.85 bits per heavy atom. The van der Waals surface area contributed by atoms with Crippen molar-refractivity contribution in [3.63, 3.8) is 0 Å². The molecule has 2 aromatic heterocycles. The van der Waals surface area contributed by atoms with Crippen LogP contribution in [0, 0.1) is 12.7 Å². The second-order valence-corrected chi connectivity index (χ2v) is 14.0. The molecule has 248 valence electrons. The molecule has 6 bridgehead atoms. The molecule has 7 rings (SSSR count). The van der Waals surface area contributed by atoms with Gasteiger partial charge >= 0.3 is 5.97 Å². The maximum Gasteiger partial charge on any atom is 0.337 e. The number of aliphatic carboxylic acids is 1. The smallest absolute Gasteiger partial charge is 0.337 e. The summed E-state index contributed by atoms with van der Waals surface area (Å²) in [5, 5.41) is 10.5. The minimum atomic E-state index is -1.18. The SMILES string of the molecule is Cc1cc2nc3cn2c(c1[C@H](OC(C)(C)C)C(=O)O)N1CCC(C)(CC1)OC/C=C\C[C@H](C)Oc1cc(F)ccc1-c1cccc-3c1. The van der Waals surface area contributed by atoms with Crippen molar-refractivity contribution in [1.82, 2.24) is 9.38 Å². The van der Waals surface area contributed by atoms with Crippen molar-refractivity contribution in [3.8, 4) is 28.1 Å². The molecular formula is C38H44FN3O5. The van der Waals surface area contributed by atoms with E-state index >= 15 is 0 Å². The fourth-order valence-corrected chi connectivity index (χ4v) is 6.50. The summed E-state index contributed by atoms with van der Waals surface area (Å²) < 4.78 is 35.4. The fourth-order valence-electron chi connectivity index (χ4n) is 6.50. The molecule has 1 fully saturated rings. The molecule has 8 nitrogen and oxygen atoms in total. The third kappa shape index (κ3) is 7.06. The summed E-state index contributed by atoms with van der Waals surface area (Å²) in [6.07, 6.45) is 6.86. The lowest BCUT2D eigenvalue weighted by Gasteiger charge is -2.41. The highest BCUT2D eigenvalue weighted by atomic mass is 19.1.